The van der Waals surface area contributed by atoms with Crippen LogP contribution < -0.4 is 0 Å². The zero-order valence-electron chi connectivity index (χ0n) is 18.9. The van der Waals surface area contributed by atoms with Crippen molar-refractivity contribution >= 4 is 13.1 Å². The number of hydrogen-bond donors (Lipinski definition) is 2. The fourth-order valence-electron chi connectivity index (χ4n) is 4.59. The van der Waals surface area contributed by atoms with Crippen LogP contribution in [0, 0.1) is 11.8 Å². The van der Waals surface area contributed by atoms with Crippen LogP contribution in [0.15, 0.2) is 24.3 Å². The van der Waals surface area contributed by atoms with Crippen LogP contribution in [0.2, 0.25) is 6.32 Å². The van der Waals surface area contributed by atoms with Crippen molar-refractivity contribution in [1.29, 1.82) is 0 Å². The van der Waals surface area contributed by atoms with Gasteiger partial charge in [-0.25, -0.2) is 0 Å². The summed E-state index contributed by atoms with van der Waals surface area (Å²) < 4.78 is 12.6. The van der Waals surface area contributed by atoms with Crippen molar-refractivity contribution in [2.24, 2.45) is 11.8 Å². The van der Waals surface area contributed by atoms with Gasteiger partial charge in [-0.1, -0.05) is 70.3 Å². The Bertz CT molecular complexity index is 550. The molecule has 6 heteroatoms. The molecule has 5 nitrogen and oxygen atoms in total. The molecule has 0 aromatic carbocycles. The highest BCUT2D eigenvalue weighted by Crippen LogP contribution is 2.44. The van der Waals surface area contributed by atoms with Gasteiger partial charge >= 0.3 is 13.1 Å². The first-order valence-corrected chi connectivity index (χ1v) is 12.1. The number of unbranched alkanes of at least 4 members (excludes halogenated alkanes) is 4. The number of allylic oxidation sites excluding steroid dienone is 2. The molecule has 1 saturated carbocycles. The van der Waals surface area contributed by atoms with Gasteiger partial charge in [-0.05, 0) is 44.3 Å². The molecule has 2 aliphatic rings. The number of rotatable bonds is 15. The van der Waals surface area contributed by atoms with E-state index in [2.05, 4.69) is 32.1 Å². The number of carboxylic acid groups (broad SMARTS) is 1. The Morgan fingerprint density at radius 3 is 2.60 bits per heavy atom. The van der Waals surface area contributed by atoms with Crippen molar-refractivity contribution in [3.8, 4) is 0 Å². The minimum atomic E-state index is -0.737. The third-order valence-electron chi connectivity index (χ3n) is 6.31. The first-order valence-electron chi connectivity index (χ1n) is 12.1. The van der Waals surface area contributed by atoms with Crippen molar-refractivity contribution < 1.29 is 24.3 Å². The van der Waals surface area contributed by atoms with E-state index in [1.165, 1.54) is 0 Å². The van der Waals surface area contributed by atoms with Crippen LogP contribution in [-0.2, 0) is 14.1 Å². The summed E-state index contributed by atoms with van der Waals surface area (Å²) in [6.07, 6.45) is 19.3. The molecule has 170 valence electrons. The summed E-state index contributed by atoms with van der Waals surface area (Å²) in [6, 6.07) is 0. The number of carbonyl (C=O) groups is 1. The summed E-state index contributed by atoms with van der Waals surface area (Å²) in [5.41, 5.74) is 0. The Balaban J connectivity index is 1.95. The lowest BCUT2D eigenvalue weighted by atomic mass is 9.80. The number of carboxylic acids is 1. The summed E-state index contributed by atoms with van der Waals surface area (Å²) >= 11 is 0. The Hall–Kier alpha value is -1.11. The van der Waals surface area contributed by atoms with Gasteiger partial charge in [-0.2, -0.15) is 0 Å². The second kappa shape index (κ2) is 14.1. The van der Waals surface area contributed by atoms with E-state index in [0.717, 1.165) is 64.1 Å². The van der Waals surface area contributed by atoms with E-state index in [4.69, 9.17) is 14.4 Å². The third kappa shape index (κ3) is 8.56. The molecule has 0 aromatic heterocycles. The van der Waals surface area contributed by atoms with E-state index in [1.807, 2.05) is 6.08 Å². The van der Waals surface area contributed by atoms with E-state index in [9.17, 15) is 9.90 Å². The van der Waals surface area contributed by atoms with Gasteiger partial charge in [0.15, 0.2) is 0 Å². The zero-order chi connectivity index (χ0) is 21.8. The molecule has 0 radical (unpaired) electrons. The second-order valence-corrected chi connectivity index (χ2v) is 8.84. The average Bonchev–Trinajstić information content (AvgIpc) is 2.96. The average molecular weight is 420 g/mol. The lowest BCUT2D eigenvalue weighted by molar-refractivity contribution is -0.137. The van der Waals surface area contributed by atoms with Gasteiger partial charge in [0.1, 0.15) is 0 Å². The number of fused-ring (bicyclic) bond motifs is 2. The number of hydrogen-bond acceptors (Lipinski definition) is 4. The topological polar surface area (TPSA) is 76.0 Å². The summed E-state index contributed by atoms with van der Waals surface area (Å²) in [6.45, 7) is 4.36. The largest absolute Gasteiger partial charge is 0.481 e. The molecule has 2 N–H and O–H groups in total. The monoisotopic (exact) mass is 420 g/mol. The molecule has 1 unspecified atom stereocenters. The molecule has 0 amide bonds. The Morgan fingerprint density at radius 1 is 1.10 bits per heavy atom. The first kappa shape index (κ1) is 25.2. The van der Waals surface area contributed by atoms with Crippen molar-refractivity contribution in [1.82, 2.24) is 0 Å². The molecule has 1 saturated heterocycles. The van der Waals surface area contributed by atoms with Crippen LogP contribution in [0.1, 0.15) is 84.5 Å². The van der Waals surface area contributed by atoms with Gasteiger partial charge in [0.05, 0.1) is 12.2 Å². The molecule has 0 spiro atoms. The maximum Gasteiger partial charge on any atom is 0.457 e. The smallest absolute Gasteiger partial charge is 0.457 e. The minimum Gasteiger partial charge on any atom is -0.481 e. The Kier molecular flexibility index (Phi) is 11.8. The quantitative estimate of drug-likeness (QED) is 0.211. The van der Waals surface area contributed by atoms with E-state index in [0.29, 0.717) is 12.3 Å². The van der Waals surface area contributed by atoms with Gasteiger partial charge in [-0.3, -0.25) is 4.79 Å². The Morgan fingerprint density at radius 2 is 1.87 bits per heavy atom. The van der Waals surface area contributed by atoms with E-state index < -0.39 is 5.97 Å². The van der Waals surface area contributed by atoms with Gasteiger partial charge in [0, 0.05) is 18.4 Å². The Labute approximate surface area is 183 Å². The van der Waals surface area contributed by atoms with E-state index >= 15 is 0 Å². The summed E-state index contributed by atoms with van der Waals surface area (Å²) in [7, 11) is -0.108. The van der Waals surface area contributed by atoms with Gasteiger partial charge < -0.3 is 19.5 Å². The maximum atomic E-state index is 10.6. The number of aliphatic hydroxyl groups excluding tert-OH is 1. The van der Waals surface area contributed by atoms with Crippen LogP contribution in [0.3, 0.4) is 0 Å². The molecule has 1 aliphatic carbocycles. The fourth-order valence-corrected chi connectivity index (χ4v) is 4.59. The van der Waals surface area contributed by atoms with Crippen LogP contribution in [0.5, 0.6) is 0 Å². The second-order valence-electron chi connectivity index (χ2n) is 8.84. The molecule has 1 heterocycles. The molecule has 5 atom stereocenters. The predicted molar refractivity (Wildman–Crippen MR) is 121 cm³/mol. The van der Waals surface area contributed by atoms with Crippen molar-refractivity contribution in [2.75, 3.05) is 0 Å². The summed E-state index contributed by atoms with van der Waals surface area (Å²) in [5, 5.41) is 19.1. The summed E-state index contributed by atoms with van der Waals surface area (Å²) in [5.74, 6) is -0.137. The summed E-state index contributed by atoms with van der Waals surface area (Å²) in [4.78, 5) is 10.6. The first-order chi connectivity index (χ1) is 14.5. The zero-order valence-corrected chi connectivity index (χ0v) is 18.9. The number of aliphatic hydroxyl groups is 1. The van der Waals surface area contributed by atoms with Gasteiger partial charge in [0.25, 0.3) is 0 Å². The highest BCUT2D eigenvalue weighted by atomic mass is 16.6. The van der Waals surface area contributed by atoms with Gasteiger partial charge in [0.2, 0.25) is 0 Å². The maximum absolute atomic E-state index is 10.6. The molecule has 2 bridgehead atoms. The van der Waals surface area contributed by atoms with E-state index in [-0.39, 0.29) is 37.8 Å². The van der Waals surface area contributed by atoms with Crippen LogP contribution >= 0.6 is 0 Å². The predicted octanol–water partition coefficient (Wildman–Crippen LogP) is 5.39. The molecular formula is C24H41BO5. The lowest BCUT2D eigenvalue weighted by Gasteiger charge is -2.27. The molecule has 30 heavy (non-hydrogen) atoms. The number of aliphatic carboxylic acids is 1. The highest BCUT2D eigenvalue weighted by Gasteiger charge is 2.49. The fraction of sp³-hybridized carbons (Fsp3) is 0.792. The standard InChI is InChI=1S/C24H41BO5/c1-3-5-9-12-19(26)15-16-21-20(13-10-7-8-11-14-24(27)28)22-18-23(21)30-25(29-22)17-6-4-2/h7,10,15-16,19-23,26H,3-6,8-9,11-14,17-18H2,1-2H3,(H,27,28)/b10-7-,16-15+/t19-,20+,21?,22-,23+/m0/s1. The van der Waals surface area contributed by atoms with Crippen molar-refractivity contribution in [2.45, 2.75) is 109 Å². The van der Waals surface area contributed by atoms with Crippen LogP contribution in [0.25, 0.3) is 0 Å². The van der Waals surface area contributed by atoms with E-state index in [1.54, 1.807) is 0 Å². The van der Waals surface area contributed by atoms with Crippen LogP contribution in [-0.4, -0.2) is 41.6 Å². The minimum absolute atomic E-state index is 0.108. The lowest BCUT2D eigenvalue weighted by Crippen LogP contribution is -2.37. The molecule has 2 rings (SSSR count). The normalized spacial score (nSPS) is 27.4. The van der Waals surface area contributed by atoms with Crippen molar-refractivity contribution in [3.05, 3.63) is 24.3 Å². The van der Waals surface area contributed by atoms with Crippen molar-refractivity contribution in [3.63, 3.8) is 0 Å². The highest BCUT2D eigenvalue weighted by molar-refractivity contribution is 6.44. The van der Waals surface area contributed by atoms with Crippen LogP contribution in [0.4, 0.5) is 0 Å². The SMILES string of the molecule is CCCCC[C@H](O)/C=C/C1[C@@H](C/C=C\CCCC(=O)O)[C@@H]2C[C@H]1OB(CCCC)O2. The molecular weight excluding hydrogens is 379 g/mol. The molecule has 0 aromatic rings. The molecule has 1 aliphatic heterocycles. The molecule has 2 fully saturated rings. The third-order valence-corrected chi connectivity index (χ3v) is 6.31. The van der Waals surface area contributed by atoms with Gasteiger partial charge in [-0.15, -0.1) is 0 Å².